The van der Waals surface area contributed by atoms with E-state index in [4.69, 9.17) is 14.8 Å². The highest BCUT2D eigenvalue weighted by atomic mass is 16.5. The maximum atomic E-state index is 6.78. The highest BCUT2D eigenvalue weighted by Gasteiger charge is 2.22. The monoisotopic (exact) mass is 660 g/mol. The topological polar surface area (TPSA) is 44.9 Å². The number of aryl methyl sites for hydroxylation is 4. The van der Waals surface area contributed by atoms with E-state index in [-0.39, 0.29) is 5.41 Å². The maximum Gasteiger partial charge on any atom is 0.137 e. The van der Waals surface area contributed by atoms with E-state index >= 15 is 0 Å². The molecule has 0 N–H and O–H groups in total. The van der Waals surface area contributed by atoms with Gasteiger partial charge >= 0.3 is 0 Å². The van der Waals surface area contributed by atoms with Gasteiger partial charge in [-0.2, -0.15) is 5.10 Å². The van der Waals surface area contributed by atoms with Gasteiger partial charge in [-0.25, -0.2) is 9.67 Å². The Morgan fingerprint density at radius 2 is 1.46 bits per heavy atom. The number of aromatic nitrogens is 4. The third kappa shape index (κ3) is 5.89. The molecule has 4 aromatic carbocycles. The zero-order valence-electron chi connectivity index (χ0n) is 31.1. The molecule has 7 rings (SSSR count). The summed E-state index contributed by atoms with van der Waals surface area (Å²) in [6.45, 7) is 22.2. The molecule has 0 fully saturated rings. The van der Waals surface area contributed by atoms with Crippen LogP contribution < -0.4 is 4.74 Å². The van der Waals surface area contributed by atoms with Gasteiger partial charge in [0.25, 0.3) is 0 Å². The molecular formula is C45H48N4O. The van der Waals surface area contributed by atoms with E-state index in [1.165, 1.54) is 49.7 Å². The van der Waals surface area contributed by atoms with E-state index in [2.05, 4.69) is 163 Å². The average Bonchev–Trinajstić information content (AvgIpc) is 3.56. The third-order valence-electron chi connectivity index (χ3n) is 10.1. The summed E-state index contributed by atoms with van der Waals surface area (Å²) in [6, 6.07) is 30.4. The summed E-state index contributed by atoms with van der Waals surface area (Å²) in [5.41, 5.74) is 14.1. The Bertz CT molecular complexity index is 2380. The van der Waals surface area contributed by atoms with E-state index in [9.17, 15) is 0 Å². The lowest BCUT2D eigenvalue weighted by Crippen LogP contribution is -2.12. The number of para-hydroxylation sites is 1. The van der Waals surface area contributed by atoms with Crippen molar-refractivity contribution in [2.75, 3.05) is 0 Å². The predicted molar refractivity (Wildman–Crippen MR) is 209 cm³/mol. The average molecular weight is 661 g/mol. The van der Waals surface area contributed by atoms with Crippen molar-refractivity contribution in [3.8, 4) is 34.1 Å². The van der Waals surface area contributed by atoms with Crippen LogP contribution >= 0.6 is 0 Å². The van der Waals surface area contributed by atoms with Crippen molar-refractivity contribution >= 4 is 21.8 Å². The number of rotatable bonds is 7. The molecule has 0 bridgehead atoms. The van der Waals surface area contributed by atoms with Crippen LogP contribution in [-0.2, 0) is 11.8 Å². The maximum absolute atomic E-state index is 6.78. The van der Waals surface area contributed by atoms with Crippen LogP contribution in [0, 0.1) is 27.7 Å². The van der Waals surface area contributed by atoms with Crippen LogP contribution in [-0.4, -0.2) is 19.3 Å². The fourth-order valence-corrected chi connectivity index (χ4v) is 7.38. The molecule has 3 aromatic heterocycles. The van der Waals surface area contributed by atoms with Crippen molar-refractivity contribution in [3.63, 3.8) is 0 Å². The Kier molecular flexibility index (Phi) is 8.42. The quantitative estimate of drug-likeness (QED) is 0.171. The standard InChI is InChI=1S/C45H48N4O/c1-11-32-18-19-46-42(22-32)48-40-15-13-12-14-38(40)39-17-16-36(26-41(39)48)50-37-24-34(45(8,9)10)23-35(25-37)49-31(7)44(30(6)47-49)43-28(4)20-33(27(2)3)21-29(43)5/h12-27H,11H2,1-10H3. The molecule has 0 aliphatic carbocycles. The van der Waals surface area contributed by atoms with Gasteiger partial charge in [0.2, 0.25) is 0 Å². The van der Waals surface area contributed by atoms with Gasteiger partial charge in [-0.05, 0) is 121 Å². The third-order valence-corrected chi connectivity index (χ3v) is 10.1. The lowest BCUT2D eigenvalue weighted by molar-refractivity contribution is 0.478. The first-order valence-corrected chi connectivity index (χ1v) is 17.8. The van der Waals surface area contributed by atoms with E-state index in [1.54, 1.807) is 0 Å². The minimum atomic E-state index is -0.0980. The molecule has 5 nitrogen and oxygen atoms in total. The summed E-state index contributed by atoms with van der Waals surface area (Å²) in [7, 11) is 0. The van der Waals surface area contributed by atoms with Crippen LogP contribution in [0.2, 0.25) is 0 Å². The predicted octanol–water partition coefficient (Wildman–Crippen LogP) is 12.0. The molecule has 0 unspecified atom stereocenters. The smallest absolute Gasteiger partial charge is 0.137 e. The van der Waals surface area contributed by atoms with Gasteiger partial charge in [0.15, 0.2) is 0 Å². The Hall–Kier alpha value is -5.16. The molecule has 0 spiro atoms. The first kappa shape index (κ1) is 33.3. The van der Waals surface area contributed by atoms with Crippen molar-refractivity contribution in [2.45, 2.75) is 87.0 Å². The second kappa shape index (κ2) is 12.6. The molecule has 0 aliphatic heterocycles. The zero-order chi connectivity index (χ0) is 35.5. The molecule has 5 heteroatoms. The minimum Gasteiger partial charge on any atom is -0.457 e. The number of fused-ring (bicyclic) bond motifs is 3. The van der Waals surface area contributed by atoms with E-state index in [0.29, 0.717) is 5.92 Å². The number of benzene rings is 4. The highest BCUT2D eigenvalue weighted by molar-refractivity contribution is 6.09. The van der Waals surface area contributed by atoms with Gasteiger partial charge in [0.1, 0.15) is 17.3 Å². The summed E-state index contributed by atoms with van der Waals surface area (Å²) in [6.07, 6.45) is 2.86. The van der Waals surface area contributed by atoms with Gasteiger partial charge in [-0.1, -0.05) is 71.9 Å². The summed E-state index contributed by atoms with van der Waals surface area (Å²) in [5, 5.41) is 7.51. The van der Waals surface area contributed by atoms with Crippen molar-refractivity contribution in [3.05, 3.63) is 130 Å². The van der Waals surface area contributed by atoms with Gasteiger partial charge < -0.3 is 4.74 Å². The number of pyridine rings is 1. The summed E-state index contributed by atoms with van der Waals surface area (Å²) in [5.74, 6) is 2.95. The van der Waals surface area contributed by atoms with Crippen LogP contribution in [0.4, 0.5) is 0 Å². The molecule has 0 amide bonds. The largest absolute Gasteiger partial charge is 0.457 e. The molecule has 0 saturated carbocycles. The van der Waals surface area contributed by atoms with Crippen molar-refractivity contribution in [1.82, 2.24) is 19.3 Å². The first-order chi connectivity index (χ1) is 23.8. The molecule has 3 heterocycles. The fourth-order valence-electron chi connectivity index (χ4n) is 7.38. The molecule has 7 aromatic rings. The SMILES string of the molecule is CCc1ccnc(-n2c3ccccc3c3ccc(Oc4cc(-n5nc(C)c(-c6c(C)cc(C(C)C)cc6C)c5C)cc(C(C)(C)C)c4)cc32)c1. The number of nitrogens with zero attached hydrogens (tertiary/aromatic N) is 4. The molecule has 0 saturated heterocycles. The second-order valence-electron chi connectivity index (χ2n) is 15.1. The van der Waals surface area contributed by atoms with E-state index in [1.807, 2.05) is 6.20 Å². The molecule has 0 radical (unpaired) electrons. The molecule has 254 valence electrons. The van der Waals surface area contributed by atoms with Crippen LogP contribution in [0.3, 0.4) is 0 Å². The molecular weight excluding hydrogens is 613 g/mol. The number of hydrogen-bond acceptors (Lipinski definition) is 3. The van der Waals surface area contributed by atoms with E-state index < -0.39 is 0 Å². The Morgan fingerprint density at radius 1 is 0.740 bits per heavy atom. The van der Waals surface area contributed by atoms with Gasteiger partial charge in [-0.3, -0.25) is 4.57 Å². The summed E-state index contributed by atoms with van der Waals surface area (Å²) >= 11 is 0. The summed E-state index contributed by atoms with van der Waals surface area (Å²) in [4.78, 5) is 4.80. The van der Waals surface area contributed by atoms with E-state index in [0.717, 1.165) is 51.8 Å². The van der Waals surface area contributed by atoms with Crippen LogP contribution in [0.5, 0.6) is 11.5 Å². The van der Waals surface area contributed by atoms with Crippen molar-refractivity contribution in [2.24, 2.45) is 0 Å². The highest BCUT2D eigenvalue weighted by Crippen LogP contribution is 2.39. The normalized spacial score (nSPS) is 12.1. The fraction of sp³-hybridized carbons (Fsp3) is 0.289. The Labute approximate surface area is 296 Å². The number of ether oxygens (including phenoxy) is 1. The van der Waals surface area contributed by atoms with Gasteiger partial charge in [0.05, 0.1) is 22.4 Å². The summed E-state index contributed by atoms with van der Waals surface area (Å²) < 4.78 is 11.1. The second-order valence-corrected chi connectivity index (χ2v) is 15.1. The first-order valence-electron chi connectivity index (χ1n) is 17.8. The van der Waals surface area contributed by atoms with Crippen molar-refractivity contribution < 1.29 is 4.74 Å². The molecule has 0 aliphatic rings. The molecule has 0 atom stereocenters. The van der Waals surface area contributed by atoms with Crippen LogP contribution in [0.1, 0.15) is 86.7 Å². The van der Waals surface area contributed by atoms with Crippen LogP contribution in [0.25, 0.3) is 44.4 Å². The molecule has 50 heavy (non-hydrogen) atoms. The Morgan fingerprint density at radius 3 is 2.16 bits per heavy atom. The number of hydrogen-bond donors (Lipinski definition) is 0. The van der Waals surface area contributed by atoms with Crippen molar-refractivity contribution in [1.29, 1.82) is 0 Å². The lowest BCUT2D eigenvalue weighted by atomic mass is 9.86. The van der Waals surface area contributed by atoms with Gasteiger partial charge in [0, 0.05) is 40.4 Å². The van der Waals surface area contributed by atoms with Gasteiger partial charge in [-0.15, -0.1) is 0 Å². The Balaban J connectivity index is 1.34. The minimum absolute atomic E-state index is 0.0980. The lowest BCUT2D eigenvalue weighted by Gasteiger charge is -2.22. The zero-order valence-corrected chi connectivity index (χ0v) is 31.1. The van der Waals surface area contributed by atoms with Crippen LogP contribution in [0.15, 0.2) is 91.1 Å².